The molecule has 0 heterocycles. The van der Waals surface area contributed by atoms with E-state index >= 15 is 0 Å². The summed E-state index contributed by atoms with van der Waals surface area (Å²) >= 11 is 0. The van der Waals surface area contributed by atoms with E-state index in [9.17, 15) is 4.79 Å². The lowest BCUT2D eigenvalue weighted by Crippen LogP contribution is -2.29. The molecule has 0 aliphatic rings. The molecule has 2 nitrogen and oxygen atoms in total. The van der Waals surface area contributed by atoms with Gasteiger partial charge in [-0.15, -0.1) is 0 Å². The van der Waals surface area contributed by atoms with E-state index in [0.29, 0.717) is 5.92 Å². The van der Waals surface area contributed by atoms with Crippen LogP contribution in [-0.4, -0.2) is 12.5 Å². The number of benzene rings is 2. The number of fused-ring (bicyclic) bond motifs is 1. The van der Waals surface area contributed by atoms with E-state index < -0.39 is 0 Å². The summed E-state index contributed by atoms with van der Waals surface area (Å²) in [5.74, 6) is 0.630. The summed E-state index contributed by atoms with van der Waals surface area (Å²) in [6, 6.07) is 13.9. The van der Waals surface area contributed by atoms with Gasteiger partial charge in [0.2, 0.25) is 0 Å². The zero-order valence-electron chi connectivity index (χ0n) is 13.1. The fourth-order valence-electron chi connectivity index (χ4n) is 2.70. The van der Waals surface area contributed by atoms with Crippen LogP contribution in [0.4, 0.5) is 0 Å². The van der Waals surface area contributed by atoms with Crippen molar-refractivity contribution in [3.63, 3.8) is 0 Å². The van der Waals surface area contributed by atoms with Gasteiger partial charge in [0.25, 0.3) is 5.91 Å². The first kappa shape index (κ1) is 15.6. The van der Waals surface area contributed by atoms with Crippen LogP contribution in [0, 0.1) is 5.92 Å². The van der Waals surface area contributed by atoms with Crippen LogP contribution in [-0.2, 0) is 0 Å². The third kappa shape index (κ3) is 4.07. The van der Waals surface area contributed by atoms with Crippen LogP contribution < -0.4 is 5.32 Å². The second kappa shape index (κ2) is 7.82. The van der Waals surface area contributed by atoms with Gasteiger partial charge in [-0.25, -0.2) is 0 Å². The van der Waals surface area contributed by atoms with Gasteiger partial charge in [0, 0.05) is 12.1 Å². The Labute approximate surface area is 127 Å². The highest BCUT2D eigenvalue weighted by Gasteiger charge is 2.12. The Morgan fingerprint density at radius 2 is 1.86 bits per heavy atom. The maximum Gasteiger partial charge on any atom is 0.251 e. The van der Waals surface area contributed by atoms with Gasteiger partial charge in [0.05, 0.1) is 0 Å². The van der Waals surface area contributed by atoms with Crippen molar-refractivity contribution in [3.05, 3.63) is 48.0 Å². The molecule has 112 valence electrons. The Bertz CT molecular complexity index is 586. The van der Waals surface area contributed by atoms with Gasteiger partial charge < -0.3 is 5.32 Å². The van der Waals surface area contributed by atoms with Gasteiger partial charge in [0.1, 0.15) is 0 Å². The summed E-state index contributed by atoms with van der Waals surface area (Å²) in [6.45, 7) is 5.18. The topological polar surface area (TPSA) is 29.1 Å². The molecule has 1 atom stereocenters. The summed E-state index contributed by atoms with van der Waals surface area (Å²) in [5, 5.41) is 5.25. The van der Waals surface area contributed by atoms with E-state index in [1.54, 1.807) is 0 Å². The molecule has 0 radical (unpaired) electrons. The molecule has 0 aromatic heterocycles. The lowest BCUT2D eigenvalue weighted by atomic mass is 9.99. The predicted molar refractivity (Wildman–Crippen MR) is 89.6 cm³/mol. The molecule has 0 spiro atoms. The molecule has 0 saturated carbocycles. The Balaban J connectivity index is 2.05. The molecule has 21 heavy (non-hydrogen) atoms. The van der Waals surface area contributed by atoms with Gasteiger partial charge in [-0.05, 0) is 29.2 Å². The SMILES string of the molecule is CCCC[C@@H](CC)CNC(=O)c1cccc2ccccc12. The van der Waals surface area contributed by atoms with Crippen molar-refractivity contribution >= 4 is 16.7 Å². The van der Waals surface area contributed by atoms with Gasteiger partial charge in [-0.2, -0.15) is 0 Å². The van der Waals surface area contributed by atoms with Crippen molar-refractivity contribution in [3.8, 4) is 0 Å². The molecular formula is C19H25NO. The highest BCUT2D eigenvalue weighted by molar-refractivity contribution is 6.06. The molecule has 0 aliphatic heterocycles. The van der Waals surface area contributed by atoms with E-state index in [4.69, 9.17) is 0 Å². The average Bonchev–Trinajstić information content (AvgIpc) is 2.54. The second-order valence-electron chi connectivity index (χ2n) is 5.65. The minimum atomic E-state index is 0.0433. The summed E-state index contributed by atoms with van der Waals surface area (Å²) in [4.78, 5) is 12.4. The van der Waals surface area contributed by atoms with Gasteiger partial charge in [0.15, 0.2) is 0 Å². The molecule has 2 rings (SSSR count). The van der Waals surface area contributed by atoms with Crippen LogP contribution in [0.5, 0.6) is 0 Å². The number of hydrogen-bond donors (Lipinski definition) is 1. The number of carbonyl (C=O) groups excluding carboxylic acids is 1. The van der Waals surface area contributed by atoms with Crippen LogP contribution in [0.25, 0.3) is 10.8 Å². The number of hydrogen-bond acceptors (Lipinski definition) is 1. The molecule has 0 aliphatic carbocycles. The van der Waals surface area contributed by atoms with Crippen LogP contribution >= 0.6 is 0 Å². The normalized spacial score (nSPS) is 12.3. The minimum absolute atomic E-state index is 0.0433. The quantitative estimate of drug-likeness (QED) is 0.778. The number of rotatable bonds is 7. The predicted octanol–water partition coefficient (Wildman–Crippen LogP) is 4.79. The van der Waals surface area contributed by atoms with E-state index in [2.05, 4.69) is 19.2 Å². The summed E-state index contributed by atoms with van der Waals surface area (Å²) < 4.78 is 0. The Morgan fingerprint density at radius 1 is 1.10 bits per heavy atom. The molecule has 0 bridgehead atoms. The molecular weight excluding hydrogens is 258 g/mol. The molecule has 2 aromatic rings. The van der Waals surface area contributed by atoms with E-state index in [1.807, 2.05) is 42.5 Å². The maximum atomic E-state index is 12.4. The largest absolute Gasteiger partial charge is 0.352 e. The first-order chi connectivity index (χ1) is 10.3. The molecule has 2 aromatic carbocycles. The zero-order chi connectivity index (χ0) is 15.1. The monoisotopic (exact) mass is 283 g/mol. The van der Waals surface area contributed by atoms with Crippen molar-refractivity contribution in [1.29, 1.82) is 0 Å². The first-order valence-electron chi connectivity index (χ1n) is 8.02. The van der Waals surface area contributed by atoms with E-state index in [1.165, 1.54) is 19.3 Å². The van der Waals surface area contributed by atoms with Crippen LogP contribution in [0.15, 0.2) is 42.5 Å². The smallest absolute Gasteiger partial charge is 0.251 e. The number of amides is 1. The fraction of sp³-hybridized carbons (Fsp3) is 0.421. The van der Waals surface area contributed by atoms with E-state index in [-0.39, 0.29) is 5.91 Å². The van der Waals surface area contributed by atoms with Crippen LogP contribution in [0.1, 0.15) is 49.9 Å². The summed E-state index contributed by atoms with van der Waals surface area (Å²) in [7, 11) is 0. The number of unbranched alkanes of at least 4 members (excludes halogenated alkanes) is 1. The van der Waals surface area contributed by atoms with Crippen LogP contribution in [0.2, 0.25) is 0 Å². The fourth-order valence-corrected chi connectivity index (χ4v) is 2.70. The third-order valence-corrected chi connectivity index (χ3v) is 4.13. The average molecular weight is 283 g/mol. The first-order valence-corrected chi connectivity index (χ1v) is 8.02. The lowest BCUT2D eigenvalue weighted by Gasteiger charge is -2.15. The molecule has 0 saturated heterocycles. The van der Waals surface area contributed by atoms with Crippen LogP contribution in [0.3, 0.4) is 0 Å². The van der Waals surface area contributed by atoms with Crippen molar-refractivity contribution < 1.29 is 4.79 Å². The number of nitrogens with one attached hydrogen (secondary N) is 1. The van der Waals surface area contributed by atoms with Crippen molar-refractivity contribution in [2.75, 3.05) is 6.54 Å². The van der Waals surface area contributed by atoms with Crippen molar-refractivity contribution in [1.82, 2.24) is 5.32 Å². The second-order valence-corrected chi connectivity index (χ2v) is 5.65. The Morgan fingerprint density at radius 3 is 2.62 bits per heavy atom. The maximum absolute atomic E-state index is 12.4. The molecule has 0 unspecified atom stereocenters. The van der Waals surface area contributed by atoms with Gasteiger partial charge in [-0.1, -0.05) is 69.5 Å². The lowest BCUT2D eigenvalue weighted by molar-refractivity contribution is 0.0947. The standard InChI is InChI=1S/C19H25NO/c1-3-5-9-15(4-2)14-20-19(21)18-13-8-11-16-10-6-7-12-17(16)18/h6-8,10-13,15H,3-5,9,14H2,1-2H3,(H,20,21)/t15-/m1/s1. The van der Waals surface area contributed by atoms with E-state index in [0.717, 1.165) is 29.3 Å². The van der Waals surface area contributed by atoms with Crippen molar-refractivity contribution in [2.45, 2.75) is 39.5 Å². The molecule has 1 amide bonds. The molecule has 0 fully saturated rings. The third-order valence-electron chi connectivity index (χ3n) is 4.13. The molecule has 2 heteroatoms. The van der Waals surface area contributed by atoms with Crippen molar-refractivity contribution in [2.24, 2.45) is 5.92 Å². The highest BCUT2D eigenvalue weighted by Crippen LogP contribution is 2.18. The van der Waals surface area contributed by atoms with Gasteiger partial charge in [-0.3, -0.25) is 4.79 Å². The number of carbonyl (C=O) groups is 1. The van der Waals surface area contributed by atoms with Gasteiger partial charge >= 0.3 is 0 Å². The highest BCUT2D eigenvalue weighted by atomic mass is 16.1. The molecule has 1 N–H and O–H groups in total. The minimum Gasteiger partial charge on any atom is -0.352 e. The zero-order valence-corrected chi connectivity index (χ0v) is 13.1. The Hall–Kier alpha value is -1.83. The summed E-state index contributed by atoms with van der Waals surface area (Å²) in [5.41, 5.74) is 0.776. The Kier molecular flexibility index (Phi) is 5.79. The summed E-state index contributed by atoms with van der Waals surface area (Å²) in [6.07, 6.45) is 4.77.